The fourth-order valence-corrected chi connectivity index (χ4v) is 3.37. The number of carbonyl (C=O) groups is 1. The van der Waals surface area contributed by atoms with Gasteiger partial charge in [-0.1, -0.05) is 6.42 Å². The topological polar surface area (TPSA) is 91.5 Å². The summed E-state index contributed by atoms with van der Waals surface area (Å²) < 4.78 is 0. The number of hydrogen-bond donors (Lipinski definition) is 3. The number of nitrogens with zero attached hydrogens (tertiary/aromatic N) is 2. The van der Waals surface area contributed by atoms with E-state index in [2.05, 4.69) is 15.2 Å². The summed E-state index contributed by atoms with van der Waals surface area (Å²) in [4.78, 5) is 17.8. The molecule has 4 N–H and O–H groups in total. The molecule has 2 atom stereocenters. The minimum Gasteiger partial charge on any atom is -0.478 e. The number of rotatable bonds is 3. The fraction of sp³-hybridized carbons (Fsp3) is 0.571. The number of carboxylic acid groups (broad SMARTS) is 1. The highest BCUT2D eigenvalue weighted by Gasteiger charge is 2.35. The maximum atomic E-state index is 11.1. The van der Waals surface area contributed by atoms with Gasteiger partial charge in [0.2, 0.25) is 0 Å². The van der Waals surface area contributed by atoms with Crippen LogP contribution in [-0.4, -0.2) is 46.1 Å². The lowest BCUT2D eigenvalue weighted by Gasteiger charge is -2.32. The van der Waals surface area contributed by atoms with Gasteiger partial charge < -0.3 is 16.2 Å². The van der Waals surface area contributed by atoms with Crippen LogP contribution in [0.2, 0.25) is 0 Å². The Balaban J connectivity index is 1.78. The Morgan fingerprint density at radius 3 is 3.05 bits per heavy atom. The molecule has 0 aliphatic carbocycles. The molecule has 3 rings (SSSR count). The predicted octanol–water partition coefficient (Wildman–Crippen LogP) is 1.40. The highest BCUT2D eigenvalue weighted by Crippen LogP contribution is 2.30. The van der Waals surface area contributed by atoms with Gasteiger partial charge in [0.15, 0.2) is 0 Å². The van der Waals surface area contributed by atoms with Gasteiger partial charge in [-0.25, -0.2) is 9.78 Å². The second kappa shape index (κ2) is 5.28. The van der Waals surface area contributed by atoms with Gasteiger partial charge in [-0.15, -0.1) is 0 Å². The van der Waals surface area contributed by atoms with E-state index in [-0.39, 0.29) is 11.3 Å². The summed E-state index contributed by atoms with van der Waals surface area (Å²) in [6, 6.07) is 2.28. The first kappa shape index (κ1) is 13.2. The quantitative estimate of drug-likeness (QED) is 0.773. The SMILES string of the molecule is Nc1c(C(=O)O)ccnc1NC1CCN2CCCCC12. The minimum atomic E-state index is -1.02. The van der Waals surface area contributed by atoms with E-state index < -0.39 is 5.97 Å². The molecule has 20 heavy (non-hydrogen) atoms. The van der Waals surface area contributed by atoms with Crippen LogP contribution in [0.5, 0.6) is 0 Å². The van der Waals surface area contributed by atoms with Crippen LogP contribution in [0.4, 0.5) is 11.5 Å². The van der Waals surface area contributed by atoms with Gasteiger partial charge in [-0.2, -0.15) is 0 Å². The van der Waals surface area contributed by atoms with Crippen molar-refractivity contribution in [1.82, 2.24) is 9.88 Å². The molecule has 6 heteroatoms. The summed E-state index contributed by atoms with van der Waals surface area (Å²) in [7, 11) is 0. The van der Waals surface area contributed by atoms with Gasteiger partial charge in [-0.3, -0.25) is 4.90 Å². The van der Waals surface area contributed by atoms with Crippen molar-refractivity contribution in [3.05, 3.63) is 17.8 Å². The summed E-state index contributed by atoms with van der Waals surface area (Å²) in [5.74, 6) is -0.513. The summed E-state index contributed by atoms with van der Waals surface area (Å²) >= 11 is 0. The molecule has 108 valence electrons. The lowest BCUT2D eigenvalue weighted by atomic mass is 9.99. The van der Waals surface area contributed by atoms with Gasteiger partial charge in [0.25, 0.3) is 0 Å². The number of hydrogen-bond acceptors (Lipinski definition) is 5. The maximum Gasteiger partial charge on any atom is 0.337 e. The first-order chi connectivity index (χ1) is 9.66. The molecule has 2 fully saturated rings. The summed E-state index contributed by atoms with van der Waals surface area (Å²) in [5.41, 5.74) is 6.25. The van der Waals surface area contributed by atoms with Gasteiger partial charge in [0.05, 0.1) is 11.3 Å². The summed E-state index contributed by atoms with van der Waals surface area (Å²) in [5, 5.41) is 12.5. The highest BCUT2D eigenvalue weighted by molar-refractivity contribution is 5.96. The number of aromatic nitrogens is 1. The van der Waals surface area contributed by atoms with Crippen LogP contribution in [0.15, 0.2) is 12.3 Å². The summed E-state index contributed by atoms with van der Waals surface area (Å²) in [6.07, 6.45) is 6.28. The van der Waals surface area contributed by atoms with Gasteiger partial charge in [0.1, 0.15) is 5.82 Å². The van der Waals surface area contributed by atoms with Crippen LogP contribution in [0, 0.1) is 0 Å². The average Bonchev–Trinajstić information content (AvgIpc) is 2.84. The van der Waals surface area contributed by atoms with Crippen molar-refractivity contribution in [2.45, 2.75) is 37.8 Å². The van der Waals surface area contributed by atoms with Crippen molar-refractivity contribution in [1.29, 1.82) is 0 Å². The molecular weight excluding hydrogens is 256 g/mol. The zero-order valence-electron chi connectivity index (χ0n) is 11.4. The maximum absolute atomic E-state index is 11.1. The third kappa shape index (κ3) is 2.31. The number of nitrogens with one attached hydrogen (secondary N) is 1. The number of carboxylic acids is 1. The third-order valence-electron chi connectivity index (χ3n) is 4.40. The van der Waals surface area contributed by atoms with Crippen LogP contribution in [0.25, 0.3) is 0 Å². The Labute approximate surface area is 118 Å². The molecule has 0 amide bonds. The third-order valence-corrected chi connectivity index (χ3v) is 4.40. The van der Waals surface area contributed by atoms with Crippen molar-refractivity contribution in [3.8, 4) is 0 Å². The standard InChI is InChI=1S/C14H20N4O2/c15-12-9(14(19)20)4-6-16-13(12)17-10-5-8-18-7-2-1-3-11(10)18/h4,6,10-11H,1-3,5,7-8,15H2,(H,16,17)(H,19,20). The van der Waals surface area contributed by atoms with Gasteiger partial charge >= 0.3 is 5.97 Å². The number of nitrogens with two attached hydrogens (primary N) is 1. The Bertz CT molecular complexity index is 520. The van der Waals surface area contributed by atoms with Gasteiger partial charge in [-0.05, 0) is 31.9 Å². The average molecular weight is 276 g/mol. The van der Waals surface area contributed by atoms with E-state index >= 15 is 0 Å². The van der Waals surface area contributed by atoms with E-state index in [1.165, 1.54) is 38.1 Å². The zero-order chi connectivity index (χ0) is 14.1. The molecule has 0 saturated carbocycles. The number of pyridine rings is 1. The van der Waals surface area contributed by atoms with Crippen LogP contribution in [0.3, 0.4) is 0 Å². The molecule has 0 radical (unpaired) electrons. The predicted molar refractivity (Wildman–Crippen MR) is 76.8 cm³/mol. The molecule has 0 spiro atoms. The lowest BCUT2D eigenvalue weighted by molar-refractivity contribution is 0.0698. The minimum absolute atomic E-state index is 0.112. The number of piperidine rings is 1. The van der Waals surface area contributed by atoms with Crippen molar-refractivity contribution in [3.63, 3.8) is 0 Å². The number of anilines is 2. The van der Waals surface area contributed by atoms with E-state index in [0.29, 0.717) is 17.9 Å². The first-order valence-corrected chi connectivity index (χ1v) is 7.15. The van der Waals surface area contributed by atoms with Gasteiger partial charge in [0, 0.05) is 24.8 Å². The largest absolute Gasteiger partial charge is 0.478 e. The Morgan fingerprint density at radius 2 is 2.25 bits per heavy atom. The molecule has 0 bridgehead atoms. The highest BCUT2D eigenvalue weighted by atomic mass is 16.4. The van der Waals surface area contributed by atoms with E-state index in [9.17, 15) is 4.79 Å². The Kier molecular flexibility index (Phi) is 3.48. The van der Waals surface area contributed by atoms with E-state index in [1.54, 1.807) is 0 Å². The molecule has 0 aromatic carbocycles. The molecular formula is C14H20N4O2. The number of aromatic carboxylic acids is 1. The molecule has 6 nitrogen and oxygen atoms in total. The molecule has 2 saturated heterocycles. The molecule has 2 aliphatic heterocycles. The van der Waals surface area contributed by atoms with Crippen LogP contribution >= 0.6 is 0 Å². The van der Waals surface area contributed by atoms with Crippen molar-refractivity contribution in [2.75, 3.05) is 24.1 Å². The molecule has 3 heterocycles. The normalized spacial score (nSPS) is 26.2. The fourth-order valence-electron chi connectivity index (χ4n) is 3.37. The number of nitrogen functional groups attached to an aromatic ring is 1. The second-order valence-corrected chi connectivity index (χ2v) is 5.56. The monoisotopic (exact) mass is 276 g/mol. The van der Waals surface area contributed by atoms with Crippen LogP contribution in [0.1, 0.15) is 36.0 Å². The molecule has 2 unspecified atom stereocenters. The Morgan fingerprint density at radius 1 is 1.40 bits per heavy atom. The van der Waals surface area contributed by atoms with Crippen LogP contribution < -0.4 is 11.1 Å². The van der Waals surface area contributed by atoms with E-state index in [4.69, 9.17) is 10.8 Å². The van der Waals surface area contributed by atoms with Crippen molar-refractivity contribution >= 4 is 17.5 Å². The number of fused-ring (bicyclic) bond motifs is 1. The lowest BCUT2D eigenvalue weighted by Crippen LogP contribution is -2.42. The molecule has 2 aliphatic rings. The zero-order valence-corrected chi connectivity index (χ0v) is 11.4. The van der Waals surface area contributed by atoms with E-state index in [1.807, 2.05) is 0 Å². The van der Waals surface area contributed by atoms with Crippen molar-refractivity contribution in [2.24, 2.45) is 0 Å². The molecule has 1 aromatic heterocycles. The molecule has 1 aromatic rings. The second-order valence-electron chi connectivity index (χ2n) is 5.56. The Hall–Kier alpha value is -1.82. The van der Waals surface area contributed by atoms with E-state index in [0.717, 1.165) is 13.0 Å². The first-order valence-electron chi connectivity index (χ1n) is 7.15. The van der Waals surface area contributed by atoms with Crippen LogP contribution in [-0.2, 0) is 0 Å². The smallest absolute Gasteiger partial charge is 0.337 e. The summed E-state index contributed by atoms with van der Waals surface area (Å²) in [6.45, 7) is 2.27. The van der Waals surface area contributed by atoms with Crippen molar-refractivity contribution < 1.29 is 9.90 Å².